The summed E-state index contributed by atoms with van der Waals surface area (Å²) in [6.07, 6.45) is 3.01. The number of rotatable bonds is 5. The van der Waals surface area contributed by atoms with Gasteiger partial charge in [0.25, 0.3) is 5.91 Å². The van der Waals surface area contributed by atoms with E-state index in [1.807, 2.05) is 20.8 Å². The monoisotopic (exact) mass is 322 g/mol. The summed E-state index contributed by atoms with van der Waals surface area (Å²) in [5.41, 5.74) is -0.702. The molecule has 1 atom stereocenters. The highest BCUT2D eigenvalue weighted by Gasteiger charge is 2.28. The first kappa shape index (κ1) is 19.1. The van der Waals surface area contributed by atoms with E-state index in [9.17, 15) is 9.59 Å². The largest absolute Gasteiger partial charge is 0.458 e. The fourth-order valence-electron chi connectivity index (χ4n) is 1.61. The van der Waals surface area contributed by atoms with Gasteiger partial charge in [-0.2, -0.15) is 0 Å². The van der Waals surface area contributed by atoms with Crippen molar-refractivity contribution in [3.8, 4) is 0 Å². The maximum atomic E-state index is 12.3. The van der Waals surface area contributed by atoms with Gasteiger partial charge in [-0.1, -0.05) is 0 Å². The number of aromatic nitrogens is 1. The molecule has 1 aromatic heterocycles. The third-order valence-corrected chi connectivity index (χ3v) is 2.60. The van der Waals surface area contributed by atoms with Crippen molar-refractivity contribution in [1.29, 1.82) is 0 Å². The van der Waals surface area contributed by atoms with Crippen LogP contribution in [0.5, 0.6) is 0 Å². The van der Waals surface area contributed by atoms with Crippen LogP contribution in [-0.2, 0) is 14.3 Å². The number of hydrogen-bond acceptors (Lipinski definition) is 5. The molecule has 1 aromatic rings. The van der Waals surface area contributed by atoms with E-state index in [1.165, 1.54) is 6.20 Å². The number of carbonyl (C=O) groups is 2. The van der Waals surface area contributed by atoms with Crippen LogP contribution in [0.3, 0.4) is 0 Å². The van der Waals surface area contributed by atoms with Crippen LogP contribution in [0.15, 0.2) is 24.5 Å². The highest BCUT2D eigenvalue weighted by atomic mass is 16.6. The summed E-state index contributed by atoms with van der Waals surface area (Å²) in [7, 11) is 0. The Morgan fingerprint density at radius 3 is 2.30 bits per heavy atom. The zero-order valence-corrected chi connectivity index (χ0v) is 14.7. The van der Waals surface area contributed by atoms with Crippen molar-refractivity contribution in [2.24, 2.45) is 0 Å². The summed E-state index contributed by atoms with van der Waals surface area (Å²) in [6.45, 7) is 11.0. The Hall–Kier alpha value is -1.95. The summed E-state index contributed by atoms with van der Waals surface area (Å²) in [4.78, 5) is 28.4. The van der Waals surface area contributed by atoms with Gasteiger partial charge in [-0.25, -0.2) is 4.79 Å². The second kappa shape index (κ2) is 7.55. The number of ether oxygens (including phenoxy) is 2. The molecule has 0 aliphatic rings. The minimum absolute atomic E-state index is 0.0322. The van der Waals surface area contributed by atoms with E-state index >= 15 is 0 Å². The maximum absolute atomic E-state index is 12.3. The zero-order chi connectivity index (χ0) is 17.7. The van der Waals surface area contributed by atoms with Crippen LogP contribution >= 0.6 is 0 Å². The molecule has 0 spiro atoms. The number of nitrogens with one attached hydrogen (secondary N) is 1. The molecular weight excluding hydrogens is 296 g/mol. The Labute approximate surface area is 137 Å². The van der Waals surface area contributed by atoms with Gasteiger partial charge in [0.05, 0.1) is 17.8 Å². The van der Waals surface area contributed by atoms with Crippen molar-refractivity contribution < 1.29 is 19.1 Å². The molecule has 0 aromatic carbocycles. The highest BCUT2D eigenvalue weighted by Crippen LogP contribution is 2.12. The van der Waals surface area contributed by atoms with Crippen molar-refractivity contribution >= 4 is 11.9 Å². The minimum Gasteiger partial charge on any atom is -0.458 e. The molecule has 1 heterocycles. The van der Waals surface area contributed by atoms with Gasteiger partial charge in [0.1, 0.15) is 5.60 Å². The van der Waals surface area contributed by atoms with Crippen LogP contribution in [-0.4, -0.2) is 40.7 Å². The number of carbonyl (C=O) groups excluding carboxylic acids is 2. The van der Waals surface area contributed by atoms with Crippen LogP contribution < -0.4 is 5.32 Å². The second-order valence-corrected chi connectivity index (χ2v) is 7.22. The Kier molecular flexibility index (Phi) is 6.27. The van der Waals surface area contributed by atoms with Crippen molar-refractivity contribution in [3.63, 3.8) is 0 Å². The smallest absolute Gasteiger partial charge is 0.331 e. The predicted octanol–water partition coefficient (Wildman–Crippen LogP) is 2.34. The first-order valence-corrected chi connectivity index (χ1v) is 7.56. The van der Waals surface area contributed by atoms with Gasteiger partial charge in [0.2, 0.25) is 0 Å². The molecule has 0 fully saturated rings. The third-order valence-electron chi connectivity index (χ3n) is 2.60. The summed E-state index contributed by atoms with van der Waals surface area (Å²) in [5.74, 6) is -0.926. The molecule has 0 saturated carbocycles. The molecule has 0 unspecified atom stereocenters. The first-order chi connectivity index (χ1) is 10.5. The summed E-state index contributed by atoms with van der Waals surface area (Å²) >= 11 is 0. The third kappa shape index (κ3) is 7.74. The fourth-order valence-corrected chi connectivity index (χ4v) is 1.61. The number of hydrogen-bond donors (Lipinski definition) is 1. The van der Waals surface area contributed by atoms with Crippen molar-refractivity contribution in [3.05, 3.63) is 30.1 Å². The lowest BCUT2D eigenvalue weighted by Crippen LogP contribution is -2.48. The molecule has 23 heavy (non-hydrogen) atoms. The summed E-state index contributed by atoms with van der Waals surface area (Å²) in [5, 5.41) is 2.65. The molecule has 1 amide bonds. The van der Waals surface area contributed by atoms with Crippen molar-refractivity contribution in [2.45, 2.75) is 58.8 Å². The van der Waals surface area contributed by atoms with Gasteiger partial charge in [-0.05, 0) is 53.7 Å². The Balaban J connectivity index is 2.82. The molecule has 6 nitrogen and oxygen atoms in total. The van der Waals surface area contributed by atoms with E-state index in [4.69, 9.17) is 9.47 Å². The second-order valence-electron chi connectivity index (χ2n) is 7.22. The van der Waals surface area contributed by atoms with Crippen LogP contribution in [0, 0.1) is 0 Å². The number of pyridine rings is 1. The van der Waals surface area contributed by atoms with Crippen LogP contribution in [0.4, 0.5) is 0 Å². The number of esters is 1. The van der Waals surface area contributed by atoms with Crippen molar-refractivity contribution in [2.75, 3.05) is 6.61 Å². The molecule has 0 radical (unpaired) electrons. The maximum Gasteiger partial charge on any atom is 0.331 e. The first-order valence-electron chi connectivity index (χ1n) is 7.56. The standard InChI is InChI=1S/C17H26N2O4/c1-16(2,3)22-11-13(15(21)23-17(4,5)6)19-14(20)12-8-7-9-18-10-12/h7-10,13H,11H2,1-6H3,(H,19,20)/t13-/m0/s1. The van der Waals surface area contributed by atoms with Crippen LogP contribution in [0.2, 0.25) is 0 Å². The molecule has 0 aliphatic heterocycles. The lowest BCUT2D eigenvalue weighted by atomic mass is 10.1. The topological polar surface area (TPSA) is 77.5 Å². The average Bonchev–Trinajstić information content (AvgIpc) is 2.41. The van der Waals surface area contributed by atoms with E-state index in [1.54, 1.807) is 39.1 Å². The van der Waals surface area contributed by atoms with Gasteiger partial charge >= 0.3 is 5.97 Å². The van der Waals surface area contributed by atoms with Gasteiger partial charge in [0, 0.05) is 12.4 Å². The lowest BCUT2D eigenvalue weighted by Gasteiger charge is -2.27. The summed E-state index contributed by atoms with van der Waals surface area (Å²) in [6, 6.07) is 2.39. The molecule has 1 rings (SSSR count). The summed E-state index contributed by atoms with van der Waals surface area (Å²) < 4.78 is 11.0. The van der Waals surface area contributed by atoms with E-state index in [0.717, 1.165) is 0 Å². The fraction of sp³-hybridized carbons (Fsp3) is 0.588. The van der Waals surface area contributed by atoms with Gasteiger partial charge in [-0.3, -0.25) is 9.78 Å². The van der Waals surface area contributed by atoms with Crippen LogP contribution in [0.1, 0.15) is 51.9 Å². The SMILES string of the molecule is CC(C)(C)OC[C@H](NC(=O)c1cccnc1)C(=O)OC(C)(C)C. The number of amides is 1. The molecule has 0 saturated heterocycles. The minimum atomic E-state index is -0.888. The molecule has 6 heteroatoms. The van der Waals surface area contributed by atoms with Gasteiger partial charge < -0.3 is 14.8 Å². The van der Waals surface area contributed by atoms with Crippen molar-refractivity contribution in [1.82, 2.24) is 10.3 Å². The zero-order valence-electron chi connectivity index (χ0n) is 14.7. The lowest BCUT2D eigenvalue weighted by molar-refractivity contribution is -0.160. The van der Waals surface area contributed by atoms with Gasteiger partial charge in [-0.15, -0.1) is 0 Å². The molecule has 0 bridgehead atoms. The highest BCUT2D eigenvalue weighted by molar-refractivity contribution is 5.96. The molecule has 0 aliphatic carbocycles. The van der Waals surface area contributed by atoms with Gasteiger partial charge in [0.15, 0.2) is 6.04 Å². The molecule has 128 valence electrons. The Morgan fingerprint density at radius 1 is 1.17 bits per heavy atom. The van der Waals surface area contributed by atoms with E-state index in [-0.39, 0.29) is 6.61 Å². The number of nitrogens with zero attached hydrogens (tertiary/aromatic N) is 1. The predicted molar refractivity (Wildman–Crippen MR) is 87.0 cm³/mol. The van der Waals surface area contributed by atoms with E-state index in [2.05, 4.69) is 10.3 Å². The molecular formula is C17H26N2O4. The Morgan fingerprint density at radius 2 is 1.83 bits per heavy atom. The average molecular weight is 322 g/mol. The van der Waals surface area contributed by atoms with E-state index in [0.29, 0.717) is 5.56 Å². The van der Waals surface area contributed by atoms with Crippen LogP contribution in [0.25, 0.3) is 0 Å². The normalized spacial score (nSPS) is 13.3. The molecule has 1 N–H and O–H groups in total. The van der Waals surface area contributed by atoms with E-state index < -0.39 is 29.1 Å². The quantitative estimate of drug-likeness (QED) is 0.842. The Bertz CT molecular complexity index is 530.